The van der Waals surface area contributed by atoms with E-state index in [-0.39, 0.29) is 5.56 Å². The number of rotatable bonds is 3. The van der Waals surface area contributed by atoms with Gasteiger partial charge in [0.2, 0.25) is 0 Å². The van der Waals surface area contributed by atoms with Crippen molar-refractivity contribution in [3.8, 4) is 0 Å². The minimum Gasteiger partial charge on any atom is -0.283 e. The van der Waals surface area contributed by atoms with E-state index in [1.807, 2.05) is 26.0 Å². The highest BCUT2D eigenvalue weighted by Crippen LogP contribution is 1.98. The van der Waals surface area contributed by atoms with Gasteiger partial charge in [0.25, 0.3) is 5.56 Å². The quantitative estimate of drug-likeness (QED) is 0.511. The fraction of sp³-hybridized carbons (Fsp3) is 0.200. The van der Waals surface area contributed by atoms with Crippen LogP contribution >= 0.6 is 15.9 Å². The molecule has 0 saturated heterocycles. The number of aromatic amines is 1. The Hall–Kier alpha value is -1.36. The van der Waals surface area contributed by atoms with E-state index in [2.05, 4.69) is 26.0 Å². The van der Waals surface area contributed by atoms with E-state index < -0.39 is 0 Å². The number of halogens is 1. The summed E-state index contributed by atoms with van der Waals surface area (Å²) < 4.78 is 1.92. The number of hydrogen-bond acceptors (Lipinski definition) is 2. The lowest BCUT2D eigenvalue weighted by atomic mass is 10.3. The van der Waals surface area contributed by atoms with Gasteiger partial charge in [0.1, 0.15) is 10.9 Å². The maximum absolute atomic E-state index is 11.2. The number of nitrogens with zero attached hydrogens (tertiary/aromatic N) is 2. The van der Waals surface area contributed by atoms with E-state index in [4.69, 9.17) is 0 Å². The van der Waals surface area contributed by atoms with Gasteiger partial charge in [-0.1, -0.05) is 11.6 Å². The van der Waals surface area contributed by atoms with Crippen molar-refractivity contribution in [1.82, 2.24) is 9.78 Å². The molecular weight excluding hydrogens is 258 g/mol. The molecule has 4 nitrogen and oxygen atoms in total. The molecule has 0 aromatic carbocycles. The number of hydrogen-bond donors (Lipinski definition) is 1. The van der Waals surface area contributed by atoms with Crippen molar-refractivity contribution in [2.75, 3.05) is 0 Å². The van der Waals surface area contributed by atoms with Gasteiger partial charge in [-0.15, -0.1) is 0 Å². The summed E-state index contributed by atoms with van der Waals surface area (Å²) in [6.45, 7) is 4.00. The summed E-state index contributed by atoms with van der Waals surface area (Å²) in [5.74, 6) is 0. The van der Waals surface area contributed by atoms with Crippen molar-refractivity contribution >= 4 is 22.3 Å². The Kier molecular flexibility index (Phi) is 4.30. The average Bonchev–Trinajstić information content (AvgIpc) is 2.44. The van der Waals surface area contributed by atoms with Crippen molar-refractivity contribution in [2.24, 2.45) is 4.99 Å². The van der Waals surface area contributed by atoms with Crippen molar-refractivity contribution in [3.05, 3.63) is 44.9 Å². The van der Waals surface area contributed by atoms with E-state index in [0.29, 0.717) is 4.60 Å². The van der Waals surface area contributed by atoms with Crippen molar-refractivity contribution < 1.29 is 0 Å². The number of aromatic nitrogens is 2. The molecule has 0 radical (unpaired) electrons. The number of aliphatic imine (C=N–C) groups is 1. The second-order valence-corrected chi connectivity index (χ2v) is 4.02. The largest absolute Gasteiger partial charge is 0.283 e. The van der Waals surface area contributed by atoms with Crippen LogP contribution < -0.4 is 5.56 Å². The van der Waals surface area contributed by atoms with Gasteiger partial charge in [0.15, 0.2) is 0 Å². The van der Waals surface area contributed by atoms with Crippen LogP contribution in [0.2, 0.25) is 0 Å². The molecule has 0 atom stereocenters. The van der Waals surface area contributed by atoms with Crippen LogP contribution in [0, 0.1) is 0 Å². The zero-order valence-corrected chi connectivity index (χ0v) is 10.2. The van der Waals surface area contributed by atoms with E-state index in [1.165, 1.54) is 22.7 Å². The Morgan fingerprint density at radius 3 is 2.87 bits per heavy atom. The molecule has 80 valence electrons. The number of allylic oxidation sites excluding steroid dienone is 3. The van der Waals surface area contributed by atoms with Gasteiger partial charge in [0.05, 0.1) is 0 Å². The van der Waals surface area contributed by atoms with Gasteiger partial charge < -0.3 is 0 Å². The highest BCUT2D eigenvalue weighted by Gasteiger charge is 1.94. The molecule has 0 saturated carbocycles. The van der Waals surface area contributed by atoms with Crippen LogP contribution in [0.1, 0.15) is 13.8 Å². The highest BCUT2D eigenvalue weighted by atomic mass is 79.9. The van der Waals surface area contributed by atoms with Crippen LogP contribution in [-0.4, -0.2) is 16.1 Å². The predicted molar refractivity (Wildman–Crippen MR) is 65.2 cm³/mol. The Labute approximate surface area is 96.1 Å². The zero-order chi connectivity index (χ0) is 11.3. The highest BCUT2D eigenvalue weighted by molar-refractivity contribution is 9.10. The summed E-state index contributed by atoms with van der Waals surface area (Å²) in [7, 11) is 0. The molecule has 0 aliphatic heterocycles. The first kappa shape index (κ1) is 11.7. The summed E-state index contributed by atoms with van der Waals surface area (Å²) >= 11 is 3.16. The molecule has 15 heavy (non-hydrogen) atoms. The molecule has 0 unspecified atom stereocenters. The fourth-order valence-electron chi connectivity index (χ4n) is 0.856. The lowest BCUT2D eigenvalue weighted by Crippen LogP contribution is -2.14. The Bertz CT molecular complexity index is 461. The lowest BCUT2D eigenvalue weighted by Gasteiger charge is -1.87. The fourth-order valence-corrected chi connectivity index (χ4v) is 1.24. The standard InChI is InChI=1S/C10H12BrN3O/c1-8(2)4-3-5-12-7-14-10(15)6-9(11)13-14/h3-7,13H,1-2H3/b5-3-,12-7?. The minimum absolute atomic E-state index is 0.152. The van der Waals surface area contributed by atoms with Crippen LogP contribution in [0.4, 0.5) is 0 Å². The van der Waals surface area contributed by atoms with Crippen molar-refractivity contribution in [2.45, 2.75) is 13.8 Å². The monoisotopic (exact) mass is 269 g/mol. The predicted octanol–water partition coefficient (Wildman–Crippen LogP) is 2.30. The molecule has 1 aromatic rings. The average molecular weight is 270 g/mol. The number of H-pyrrole nitrogens is 1. The molecule has 0 bridgehead atoms. The normalized spacial score (nSPS) is 11.4. The molecule has 0 spiro atoms. The smallest absolute Gasteiger partial charge is 0.273 e. The maximum atomic E-state index is 11.2. The third-order valence-corrected chi connectivity index (χ3v) is 1.90. The summed E-state index contributed by atoms with van der Waals surface area (Å²) in [5.41, 5.74) is 1.04. The molecule has 1 aromatic heterocycles. The van der Waals surface area contributed by atoms with Crippen LogP contribution in [-0.2, 0) is 0 Å². The second-order valence-electron chi connectivity index (χ2n) is 3.16. The molecular formula is C10H12BrN3O. The summed E-state index contributed by atoms with van der Waals surface area (Å²) in [5, 5.41) is 2.77. The molecule has 0 fully saturated rings. The van der Waals surface area contributed by atoms with E-state index in [1.54, 1.807) is 6.20 Å². The van der Waals surface area contributed by atoms with E-state index >= 15 is 0 Å². The number of nitrogens with one attached hydrogen (secondary N) is 1. The molecule has 0 amide bonds. The Morgan fingerprint density at radius 2 is 2.33 bits per heavy atom. The first-order valence-electron chi connectivity index (χ1n) is 4.40. The first-order valence-corrected chi connectivity index (χ1v) is 5.19. The molecule has 1 rings (SSSR count). The van der Waals surface area contributed by atoms with Gasteiger partial charge in [-0.05, 0) is 35.9 Å². The third kappa shape index (κ3) is 4.12. The zero-order valence-electron chi connectivity index (χ0n) is 8.57. The second kappa shape index (κ2) is 5.50. The van der Waals surface area contributed by atoms with Crippen molar-refractivity contribution in [1.29, 1.82) is 0 Å². The molecule has 1 heterocycles. The summed E-state index contributed by atoms with van der Waals surface area (Å²) in [6.07, 6.45) is 6.79. The van der Waals surface area contributed by atoms with Gasteiger partial charge in [-0.2, -0.15) is 0 Å². The maximum Gasteiger partial charge on any atom is 0.273 e. The Morgan fingerprint density at radius 1 is 1.60 bits per heavy atom. The summed E-state index contributed by atoms with van der Waals surface area (Å²) in [6, 6.07) is 1.44. The van der Waals surface area contributed by atoms with Crippen LogP contribution in [0.5, 0.6) is 0 Å². The van der Waals surface area contributed by atoms with E-state index in [0.717, 1.165) is 0 Å². The van der Waals surface area contributed by atoms with Crippen LogP contribution in [0.15, 0.2) is 44.4 Å². The van der Waals surface area contributed by atoms with E-state index in [9.17, 15) is 4.79 Å². The van der Waals surface area contributed by atoms with Gasteiger partial charge in [-0.3, -0.25) is 9.89 Å². The third-order valence-electron chi connectivity index (χ3n) is 1.50. The Balaban J connectivity index is 2.67. The lowest BCUT2D eigenvalue weighted by molar-refractivity contribution is 0.911. The minimum atomic E-state index is -0.152. The topological polar surface area (TPSA) is 50.1 Å². The van der Waals surface area contributed by atoms with Gasteiger partial charge in [0, 0.05) is 12.3 Å². The van der Waals surface area contributed by atoms with Crippen LogP contribution in [0.3, 0.4) is 0 Å². The molecule has 5 heteroatoms. The first-order chi connectivity index (χ1) is 7.09. The molecule has 1 N–H and O–H groups in total. The van der Waals surface area contributed by atoms with Gasteiger partial charge in [-0.25, -0.2) is 9.67 Å². The SMILES string of the molecule is CC(C)=C/C=C\N=Cn1[nH]c(Br)cc1=O. The van der Waals surface area contributed by atoms with Crippen LogP contribution in [0.25, 0.3) is 0 Å². The van der Waals surface area contributed by atoms with Crippen molar-refractivity contribution in [3.63, 3.8) is 0 Å². The summed E-state index contributed by atoms with van der Waals surface area (Å²) in [4.78, 5) is 15.1. The van der Waals surface area contributed by atoms with Gasteiger partial charge >= 0.3 is 0 Å². The molecule has 0 aliphatic rings. The molecule has 0 aliphatic carbocycles.